The van der Waals surface area contributed by atoms with Gasteiger partial charge in [-0.2, -0.15) is 0 Å². The van der Waals surface area contributed by atoms with Crippen molar-refractivity contribution in [2.75, 3.05) is 18.4 Å². The van der Waals surface area contributed by atoms with Crippen LogP contribution in [0.2, 0.25) is 0 Å². The molecule has 1 heterocycles. The Morgan fingerprint density at radius 3 is 2.17 bits per heavy atom. The number of carbonyl (C=O) groups excluding carboxylic acids is 2. The summed E-state index contributed by atoms with van der Waals surface area (Å²) in [5.41, 5.74) is -0.671. The highest BCUT2D eigenvalue weighted by Crippen LogP contribution is 2.78. The minimum Gasteiger partial charge on any atom is -0.393 e. The van der Waals surface area contributed by atoms with Crippen LogP contribution < -0.4 is 5.32 Å². The SMILES string of the molecule is Cc1ccc(C(=O)C2=CC34C=CC25C(CCC2(C)C5CCC2(O)CN(CC25CC6CC(CC(C6)C2)C5)C(=O)Nc2ccccc2)C3(C)CCC(O)C4)s1. The van der Waals surface area contributed by atoms with Gasteiger partial charge in [-0.3, -0.25) is 4.79 Å². The number of benzene rings is 1. The lowest BCUT2D eigenvalue weighted by atomic mass is 9.32. The zero-order chi connectivity index (χ0) is 36.6. The highest BCUT2D eigenvalue weighted by molar-refractivity contribution is 7.14. The third-order valence-electron chi connectivity index (χ3n) is 17.4. The maximum atomic E-state index is 14.9. The Kier molecular flexibility index (Phi) is 7.63. The van der Waals surface area contributed by atoms with E-state index in [2.05, 4.69) is 50.4 Å². The lowest BCUT2D eigenvalue weighted by molar-refractivity contribution is -0.176. The van der Waals surface area contributed by atoms with E-state index in [4.69, 9.17) is 0 Å². The summed E-state index contributed by atoms with van der Waals surface area (Å²) in [6, 6.07) is 13.7. The summed E-state index contributed by atoms with van der Waals surface area (Å²) in [6.45, 7) is 7.84. The number of aliphatic hydroxyl groups is 2. The van der Waals surface area contributed by atoms with Gasteiger partial charge < -0.3 is 20.4 Å². The maximum Gasteiger partial charge on any atom is 0.321 e. The van der Waals surface area contributed by atoms with E-state index in [9.17, 15) is 19.8 Å². The van der Waals surface area contributed by atoms with Crippen LogP contribution in [0.4, 0.5) is 10.5 Å². The molecule has 53 heavy (non-hydrogen) atoms. The van der Waals surface area contributed by atoms with Gasteiger partial charge in [0.05, 0.1) is 23.1 Å². The van der Waals surface area contributed by atoms with Crippen molar-refractivity contribution < 1.29 is 19.8 Å². The number of thiophene rings is 1. The summed E-state index contributed by atoms with van der Waals surface area (Å²) >= 11 is 1.58. The molecule has 0 saturated heterocycles. The van der Waals surface area contributed by atoms with E-state index < -0.39 is 16.4 Å². The van der Waals surface area contributed by atoms with Gasteiger partial charge in [-0.25, -0.2) is 4.79 Å². The molecular formula is C46H58N2O4S. The second-order valence-corrected chi connectivity index (χ2v) is 21.4. The fourth-order valence-corrected chi connectivity index (χ4v) is 16.2. The molecule has 2 spiro atoms. The van der Waals surface area contributed by atoms with Crippen LogP contribution in [0.1, 0.15) is 112 Å². The van der Waals surface area contributed by atoms with Crippen LogP contribution in [-0.2, 0) is 0 Å². The largest absolute Gasteiger partial charge is 0.393 e. The number of nitrogens with zero attached hydrogens (tertiary/aromatic N) is 1. The molecular weight excluding hydrogens is 677 g/mol. The Hall–Kier alpha value is -2.74. The lowest BCUT2D eigenvalue weighted by Gasteiger charge is -2.71. The molecule has 10 aliphatic rings. The third-order valence-corrected chi connectivity index (χ3v) is 18.4. The van der Waals surface area contributed by atoms with Crippen LogP contribution in [0, 0.1) is 63.6 Å². The van der Waals surface area contributed by atoms with Crippen molar-refractivity contribution in [2.24, 2.45) is 56.7 Å². The Morgan fingerprint density at radius 1 is 0.830 bits per heavy atom. The highest BCUT2D eigenvalue weighted by atomic mass is 32.1. The van der Waals surface area contributed by atoms with Crippen molar-refractivity contribution in [3.05, 3.63) is 76.0 Å². The number of para-hydroxylation sites is 1. The Labute approximate surface area is 319 Å². The average molecular weight is 735 g/mol. The number of aliphatic hydroxyl groups excluding tert-OH is 1. The number of hydrogen-bond donors (Lipinski definition) is 3. The Morgan fingerprint density at radius 2 is 1.49 bits per heavy atom. The van der Waals surface area contributed by atoms with Crippen molar-refractivity contribution in [2.45, 2.75) is 116 Å². The zero-order valence-corrected chi connectivity index (χ0v) is 32.7. The number of nitrogens with one attached hydrogen (secondary N) is 1. The lowest BCUT2D eigenvalue weighted by Crippen LogP contribution is -2.67. The van der Waals surface area contributed by atoms with Gasteiger partial charge in [-0.05, 0) is 155 Å². The van der Waals surface area contributed by atoms with E-state index >= 15 is 0 Å². The van der Waals surface area contributed by atoms with Gasteiger partial charge in [0.2, 0.25) is 0 Å². The van der Waals surface area contributed by atoms with E-state index in [1.54, 1.807) is 11.3 Å². The molecule has 1 aromatic carbocycles. The van der Waals surface area contributed by atoms with Crippen LogP contribution in [0.3, 0.4) is 0 Å². The topological polar surface area (TPSA) is 89.9 Å². The number of anilines is 1. The molecule has 1 aromatic heterocycles. The van der Waals surface area contributed by atoms with Gasteiger partial charge in [-0.15, -0.1) is 11.3 Å². The van der Waals surface area contributed by atoms with Crippen molar-refractivity contribution in [3.8, 4) is 0 Å². The minimum absolute atomic E-state index is 0.0619. The molecule has 10 aliphatic carbocycles. The Bertz CT molecular complexity index is 1870. The van der Waals surface area contributed by atoms with Crippen LogP contribution in [-0.4, -0.2) is 51.7 Å². The summed E-state index contributed by atoms with van der Waals surface area (Å²) in [7, 11) is 0. The van der Waals surface area contributed by atoms with Crippen molar-refractivity contribution in [3.63, 3.8) is 0 Å². The first-order valence-corrected chi connectivity index (χ1v) is 21.7. The number of hydrogen-bond acceptors (Lipinski definition) is 5. The number of ketones is 1. The van der Waals surface area contributed by atoms with E-state index in [1.165, 1.54) is 38.5 Å². The highest BCUT2D eigenvalue weighted by Gasteiger charge is 2.74. The quantitative estimate of drug-likeness (QED) is 0.195. The van der Waals surface area contributed by atoms with E-state index in [0.29, 0.717) is 25.9 Å². The molecule has 2 aromatic rings. The summed E-state index contributed by atoms with van der Waals surface area (Å²) in [5.74, 6) is 2.78. The van der Waals surface area contributed by atoms with E-state index in [0.717, 1.165) is 70.9 Å². The van der Waals surface area contributed by atoms with Gasteiger partial charge in [0.25, 0.3) is 0 Å². The predicted octanol–water partition coefficient (Wildman–Crippen LogP) is 9.58. The molecule has 7 fully saturated rings. The number of rotatable bonds is 7. The molecule has 7 saturated carbocycles. The number of allylic oxidation sites excluding steroid dienone is 4. The number of fused-ring (bicyclic) bond motifs is 1. The monoisotopic (exact) mass is 734 g/mol. The molecule has 3 N–H and O–H groups in total. The molecule has 7 heteroatoms. The van der Waals surface area contributed by atoms with Crippen molar-refractivity contribution in [1.29, 1.82) is 0 Å². The van der Waals surface area contributed by atoms with Gasteiger partial charge in [-0.1, -0.05) is 50.3 Å². The summed E-state index contributed by atoms with van der Waals surface area (Å²) in [4.78, 5) is 33.4. The smallest absolute Gasteiger partial charge is 0.321 e. The fourth-order valence-electron chi connectivity index (χ4n) is 15.4. The first-order chi connectivity index (χ1) is 25.3. The second-order valence-electron chi connectivity index (χ2n) is 20.1. The van der Waals surface area contributed by atoms with Crippen molar-refractivity contribution in [1.82, 2.24) is 4.90 Å². The number of urea groups is 1. The number of carbonyl (C=O) groups is 2. The fraction of sp³-hybridized carbons (Fsp3) is 0.652. The number of amides is 2. The summed E-state index contributed by atoms with van der Waals surface area (Å²) in [5, 5.41) is 27.7. The predicted molar refractivity (Wildman–Crippen MR) is 210 cm³/mol. The van der Waals surface area contributed by atoms with E-state index in [1.807, 2.05) is 41.3 Å². The molecule has 0 radical (unpaired) electrons. The zero-order valence-electron chi connectivity index (χ0n) is 31.9. The molecule has 12 rings (SSSR count). The van der Waals surface area contributed by atoms with Crippen LogP contribution >= 0.6 is 11.3 Å². The number of Topliss-reactive ketones (excluding diaryl/α,β-unsaturated/α-hetero) is 1. The van der Waals surface area contributed by atoms with Crippen LogP contribution in [0.15, 0.2) is 66.3 Å². The molecule has 2 amide bonds. The standard InChI is InChI=1S/C46H58N2O4S/c1-29-9-10-36(53-29)39(50)35-26-44-17-18-46(35)37(41(44,2)14-11-34(49)25-44)12-15-42(3)38(46)13-16-45(42,52)28-48(40(51)47-33-7-5-4-6-8-33)27-43-22-30-19-31(23-43)21-32(20-30)24-43/h4-10,17-18,26,30-32,34,37-38,49,52H,11-16,19-25,27-28H2,1-3H3,(H,47,51). The van der Waals surface area contributed by atoms with Crippen LogP contribution in [0.5, 0.6) is 0 Å². The van der Waals surface area contributed by atoms with Crippen molar-refractivity contribution >= 4 is 28.8 Å². The first-order valence-electron chi connectivity index (χ1n) is 20.9. The van der Waals surface area contributed by atoms with E-state index in [-0.39, 0.29) is 46.0 Å². The molecule has 6 nitrogen and oxygen atoms in total. The molecule has 282 valence electrons. The Balaban J connectivity index is 1.03. The molecule has 0 aliphatic heterocycles. The minimum atomic E-state index is -1.09. The molecule has 8 atom stereocenters. The maximum absolute atomic E-state index is 14.9. The molecule has 6 bridgehead atoms. The number of aryl methyl sites for hydroxylation is 1. The van der Waals surface area contributed by atoms with Gasteiger partial charge >= 0.3 is 6.03 Å². The van der Waals surface area contributed by atoms with Gasteiger partial charge in [0.15, 0.2) is 5.78 Å². The van der Waals surface area contributed by atoms with Crippen LogP contribution in [0.25, 0.3) is 0 Å². The normalized spacial score (nSPS) is 45.6. The summed E-state index contributed by atoms with van der Waals surface area (Å²) in [6.07, 6.45) is 20.0. The third kappa shape index (κ3) is 4.87. The molecule has 8 unspecified atom stereocenters. The van der Waals surface area contributed by atoms with Gasteiger partial charge in [0, 0.05) is 38.9 Å². The first kappa shape index (κ1) is 34.7. The average Bonchev–Trinajstić information content (AvgIpc) is 3.67. The van der Waals surface area contributed by atoms with Gasteiger partial charge in [0.1, 0.15) is 0 Å². The second kappa shape index (κ2) is 11.6. The summed E-state index contributed by atoms with van der Waals surface area (Å²) < 4.78 is 0.